The fourth-order valence-electron chi connectivity index (χ4n) is 3.07. The van der Waals surface area contributed by atoms with Gasteiger partial charge in [-0.1, -0.05) is 59.4 Å². The molecule has 0 unspecified atom stereocenters. The van der Waals surface area contributed by atoms with Crippen LogP contribution in [0.25, 0.3) is 21.3 Å². The molecule has 5 heteroatoms. The predicted octanol–water partition coefficient (Wildman–Crippen LogP) is 5.91. The summed E-state index contributed by atoms with van der Waals surface area (Å²) in [5.74, 6) is 0.438. The number of nitrogens with one attached hydrogen (secondary N) is 1. The Balaban J connectivity index is 1.37. The molecule has 4 nitrogen and oxygen atoms in total. The fourth-order valence-corrected chi connectivity index (χ4v) is 4.01. The quantitative estimate of drug-likeness (QED) is 0.452. The first-order valence-electron chi connectivity index (χ1n) is 9.46. The maximum atomic E-state index is 12.3. The molecule has 0 atom stereocenters. The molecule has 146 valence electrons. The Morgan fingerprint density at radius 2 is 1.59 bits per heavy atom. The largest absolute Gasteiger partial charge is 0.484 e. The summed E-state index contributed by atoms with van der Waals surface area (Å²) in [6.45, 7) is 6.12. The molecule has 0 aliphatic carbocycles. The fraction of sp³-hybridized carbons (Fsp3) is 0.167. The number of carbonyl (C=O) groups excluding carboxylic acids is 1. The summed E-state index contributed by atoms with van der Waals surface area (Å²) in [7, 11) is 0. The molecule has 0 bridgehead atoms. The van der Waals surface area contributed by atoms with E-state index in [2.05, 4.69) is 54.5 Å². The number of hydrogen-bond donors (Lipinski definition) is 1. The number of nitrogens with zero attached hydrogens (tertiary/aromatic N) is 1. The Labute approximate surface area is 174 Å². The number of hydrogen-bond acceptors (Lipinski definition) is 4. The summed E-state index contributed by atoms with van der Waals surface area (Å²) in [6, 6.07) is 20.2. The topological polar surface area (TPSA) is 51.2 Å². The standard InChI is InChI=1S/C24H22N2O2S/c1-15-4-7-18(8-5-15)19-9-11-20(12-10-19)28-14-22(27)25-24-26-23-17(3)16(2)6-13-21(23)29-24/h4-13H,14H2,1-3H3,(H,25,26,27). The van der Waals surface area contributed by atoms with Gasteiger partial charge in [-0.2, -0.15) is 0 Å². The first-order valence-corrected chi connectivity index (χ1v) is 10.3. The molecule has 1 amide bonds. The van der Waals surface area contributed by atoms with E-state index in [0.29, 0.717) is 10.9 Å². The lowest BCUT2D eigenvalue weighted by atomic mass is 10.0. The molecule has 0 fully saturated rings. The van der Waals surface area contributed by atoms with Gasteiger partial charge in [0.25, 0.3) is 5.91 Å². The second-order valence-electron chi connectivity index (χ2n) is 7.10. The van der Waals surface area contributed by atoms with Gasteiger partial charge in [0.05, 0.1) is 10.2 Å². The SMILES string of the molecule is Cc1ccc(-c2ccc(OCC(=O)Nc3nc4c(C)c(C)ccc4s3)cc2)cc1. The van der Waals surface area contributed by atoms with Crippen LogP contribution in [0.5, 0.6) is 5.75 Å². The molecule has 0 aliphatic rings. The molecule has 4 aromatic rings. The van der Waals surface area contributed by atoms with E-state index in [1.807, 2.05) is 37.3 Å². The van der Waals surface area contributed by atoms with E-state index >= 15 is 0 Å². The average molecular weight is 403 g/mol. The molecule has 1 heterocycles. The maximum absolute atomic E-state index is 12.3. The van der Waals surface area contributed by atoms with E-state index in [1.54, 1.807) is 0 Å². The maximum Gasteiger partial charge on any atom is 0.264 e. The minimum absolute atomic E-state index is 0.0577. The van der Waals surface area contributed by atoms with Gasteiger partial charge in [-0.15, -0.1) is 0 Å². The molecule has 3 aromatic carbocycles. The van der Waals surface area contributed by atoms with Crippen molar-refractivity contribution in [3.63, 3.8) is 0 Å². The zero-order chi connectivity index (χ0) is 20.4. The third-order valence-electron chi connectivity index (χ3n) is 4.94. The van der Waals surface area contributed by atoms with Crippen LogP contribution in [0.2, 0.25) is 0 Å². The second kappa shape index (κ2) is 8.05. The summed E-state index contributed by atoms with van der Waals surface area (Å²) >= 11 is 1.47. The van der Waals surface area contributed by atoms with Crippen LogP contribution in [0, 0.1) is 20.8 Å². The number of amides is 1. The number of ether oxygens (including phenoxy) is 1. The molecule has 1 N–H and O–H groups in total. The third kappa shape index (κ3) is 4.30. The number of rotatable bonds is 5. The van der Waals surface area contributed by atoms with E-state index in [9.17, 15) is 4.79 Å². The highest BCUT2D eigenvalue weighted by Gasteiger charge is 2.11. The van der Waals surface area contributed by atoms with Gasteiger partial charge >= 0.3 is 0 Å². The highest BCUT2D eigenvalue weighted by Crippen LogP contribution is 2.29. The molecule has 4 rings (SSSR count). The van der Waals surface area contributed by atoms with Gasteiger partial charge in [0.1, 0.15) is 5.75 Å². The number of thiazole rings is 1. The monoisotopic (exact) mass is 402 g/mol. The van der Waals surface area contributed by atoms with Gasteiger partial charge in [-0.3, -0.25) is 10.1 Å². The van der Waals surface area contributed by atoms with Crippen LogP contribution in [0.4, 0.5) is 5.13 Å². The van der Waals surface area contributed by atoms with Crippen LogP contribution in [-0.2, 0) is 4.79 Å². The average Bonchev–Trinajstić information content (AvgIpc) is 3.13. The van der Waals surface area contributed by atoms with Gasteiger partial charge in [-0.25, -0.2) is 4.98 Å². The van der Waals surface area contributed by atoms with E-state index in [-0.39, 0.29) is 12.5 Å². The van der Waals surface area contributed by atoms with Crippen LogP contribution in [0.1, 0.15) is 16.7 Å². The van der Waals surface area contributed by atoms with Gasteiger partial charge in [0, 0.05) is 0 Å². The van der Waals surface area contributed by atoms with Gasteiger partial charge < -0.3 is 4.74 Å². The first kappa shape index (κ1) is 19.2. The van der Waals surface area contributed by atoms with Crippen molar-refractivity contribution in [3.8, 4) is 16.9 Å². The molecular weight excluding hydrogens is 380 g/mol. The minimum Gasteiger partial charge on any atom is -0.484 e. The first-order chi connectivity index (χ1) is 14.0. The highest BCUT2D eigenvalue weighted by atomic mass is 32.1. The Bertz CT molecular complexity index is 1160. The van der Waals surface area contributed by atoms with E-state index in [1.165, 1.54) is 22.5 Å². The van der Waals surface area contributed by atoms with Crippen molar-refractivity contribution >= 4 is 32.6 Å². The van der Waals surface area contributed by atoms with Crippen molar-refractivity contribution in [3.05, 3.63) is 77.4 Å². The lowest BCUT2D eigenvalue weighted by Gasteiger charge is -2.07. The summed E-state index contributed by atoms with van der Waals surface area (Å²) in [5.41, 5.74) is 6.78. The number of aryl methyl sites for hydroxylation is 3. The molecule has 0 aliphatic heterocycles. The Morgan fingerprint density at radius 3 is 2.28 bits per heavy atom. The number of benzene rings is 3. The van der Waals surface area contributed by atoms with E-state index in [4.69, 9.17) is 4.74 Å². The molecule has 0 saturated carbocycles. The second-order valence-corrected chi connectivity index (χ2v) is 8.13. The van der Waals surface area contributed by atoms with Crippen molar-refractivity contribution in [2.45, 2.75) is 20.8 Å². The van der Waals surface area contributed by atoms with Crippen LogP contribution in [0.3, 0.4) is 0 Å². The normalized spacial score (nSPS) is 10.9. The molecule has 0 saturated heterocycles. The Morgan fingerprint density at radius 1 is 0.931 bits per heavy atom. The lowest BCUT2D eigenvalue weighted by Crippen LogP contribution is -2.19. The zero-order valence-corrected chi connectivity index (χ0v) is 17.5. The van der Waals surface area contributed by atoms with Crippen LogP contribution < -0.4 is 10.1 Å². The summed E-state index contributed by atoms with van der Waals surface area (Å²) < 4.78 is 6.70. The van der Waals surface area contributed by atoms with E-state index in [0.717, 1.165) is 26.9 Å². The van der Waals surface area contributed by atoms with Crippen molar-refractivity contribution in [1.29, 1.82) is 0 Å². The number of fused-ring (bicyclic) bond motifs is 1. The summed E-state index contributed by atoms with van der Waals surface area (Å²) in [4.78, 5) is 16.8. The molecule has 0 radical (unpaired) electrons. The molecule has 29 heavy (non-hydrogen) atoms. The molecule has 0 spiro atoms. The minimum atomic E-state index is -0.221. The Kier molecular flexibility index (Phi) is 5.32. The predicted molar refractivity (Wildman–Crippen MR) is 120 cm³/mol. The highest BCUT2D eigenvalue weighted by molar-refractivity contribution is 7.22. The Hall–Kier alpha value is -3.18. The van der Waals surface area contributed by atoms with Crippen LogP contribution in [-0.4, -0.2) is 17.5 Å². The van der Waals surface area contributed by atoms with Crippen molar-refractivity contribution in [1.82, 2.24) is 4.98 Å². The smallest absolute Gasteiger partial charge is 0.264 e. The summed E-state index contributed by atoms with van der Waals surface area (Å²) in [5, 5.41) is 3.43. The van der Waals surface area contributed by atoms with Crippen LogP contribution >= 0.6 is 11.3 Å². The molecule has 1 aromatic heterocycles. The number of carbonyl (C=O) groups is 1. The van der Waals surface area contributed by atoms with E-state index < -0.39 is 0 Å². The van der Waals surface area contributed by atoms with Gasteiger partial charge in [0.2, 0.25) is 0 Å². The zero-order valence-electron chi connectivity index (χ0n) is 16.7. The molecular formula is C24H22N2O2S. The van der Waals surface area contributed by atoms with Crippen molar-refractivity contribution < 1.29 is 9.53 Å². The van der Waals surface area contributed by atoms with Crippen molar-refractivity contribution in [2.24, 2.45) is 0 Å². The number of anilines is 1. The summed E-state index contributed by atoms with van der Waals surface area (Å²) in [6.07, 6.45) is 0. The lowest BCUT2D eigenvalue weighted by molar-refractivity contribution is -0.118. The van der Waals surface area contributed by atoms with Gasteiger partial charge in [0.15, 0.2) is 11.7 Å². The number of aromatic nitrogens is 1. The van der Waals surface area contributed by atoms with Crippen LogP contribution in [0.15, 0.2) is 60.7 Å². The third-order valence-corrected chi connectivity index (χ3v) is 5.88. The van der Waals surface area contributed by atoms with Crippen molar-refractivity contribution in [2.75, 3.05) is 11.9 Å². The van der Waals surface area contributed by atoms with Gasteiger partial charge in [-0.05, 0) is 61.2 Å².